The molecule has 1 aliphatic carbocycles. The molecule has 20 heavy (non-hydrogen) atoms. The third-order valence-corrected chi connectivity index (χ3v) is 5.22. The molecule has 1 aromatic heterocycles. The van der Waals surface area contributed by atoms with Crippen LogP contribution in [-0.4, -0.2) is 36.8 Å². The predicted octanol–water partition coefficient (Wildman–Crippen LogP) is 1.36. The molecule has 3 N–H and O–H groups in total. The van der Waals surface area contributed by atoms with Gasteiger partial charge in [0.2, 0.25) is 0 Å². The van der Waals surface area contributed by atoms with Gasteiger partial charge >= 0.3 is 0 Å². The first-order chi connectivity index (χ1) is 9.25. The number of β-amino-alcohol motifs (C(OH)–C–C–N with tert-alkyl or cyclic N) is 1. The van der Waals surface area contributed by atoms with Crippen LogP contribution in [0.25, 0.3) is 0 Å². The van der Waals surface area contributed by atoms with Crippen molar-refractivity contribution in [2.45, 2.75) is 31.8 Å². The molecule has 0 saturated carbocycles. The number of aliphatic hydroxyl groups excluding tert-OH is 1. The molecule has 0 aromatic carbocycles. The molecule has 1 saturated heterocycles. The Bertz CT molecular complexity index is 478. The Kier molecular flexibility index (Phi) is 5.43. The summed E-state index contributed by atoms with van der Waals surface area (Å²) in [4.78, 5) is 13.6. The van der Waals surface area contributed by atoms with E-state index in [2.05, 4.69) is 10.6 Å². The predicted molar refractivity (Wildman–Crippen MR) is 82.9 cm³/mol. The van der Waals surface area contributed by atoms with Crippen molar-refractivity contribution < 1.29 is 9.90 Å². The maximum absolute atomic E-state index is 12.2. The van der Waals surface area contributed by atoms with Crippen molar-refractivity contribution in [3.8, 4) is 0 Å². The van der Waals surface area contributed by atoms with E-state index >= 15 is 0 Å². The van der Waals surface area contributed by atoms with Gasteiger partial charge in [-0.2, -0.15) is 0 Å². The zero-order chi connectivity index (χ0) is 13.2. The van der Waals surface area contributed by atoms with Crippen LogP contribution in [-0.2, 0) is 12.8 Å². The summed E-state index contributed by atoms with van der Waals surface area (Å²) in [5, 5.41) is 17.8. The van der Waals surface area contributed by atoms with Crippen LogP contribution in [0.2, 0.25) is 0 Å². The highest BCUT2D eigenvalue weighted by atomic mass is 35.5. The minimum Gasteiger partial charge on any atom is -0.391 e. The van der Waals surface area contributed by atoms with Crippen molar-refractivity contribution in [3.05, 3.63) is 21.4 Å². The Balaban J connectivity index is 0.00000147. The third kappa shape index (κ3) is 3.17. The number of halogens is 1. The first kappa shape index (κ1) is 15.8. The van der Waals surface area contributed by atoms with Crippen LogP contribution in [0.15, 0.2) is 5.38 Å². The molecule has 6 heteroatoms. The van der Waals surface area contributed by atoms with E-state index in [9.17, 15) is 9.90 Å². The second-order valence-electron chi connectivity index (χ2n) is 5.45. The number of carbonyl (C=O) groups is 1. The van der Waals surface area contributed by atoms with Gasteiger partial charge < -0.3 is 15.7 Å². The summed E-state index contributed by atoms with van der Waals surface area (Å²) in [5.41, 5.74) is 2.12. The lowest BCUT2D eigenvalue weighted by molar-refractivity contribution is 0.0926. The highest BCUT2D eigenvalue weighted by Gasteiger charge is 2.26. The minimum absolute atomic E-state index is 0. The maximum atomic E-state index is 12.2. The average molecular weight is 317 g/mol. The summed E-state index contributed by atoms with van der Waals surface area (Å²) in [6.07, 6.45) is 4.26. The molecule has 1 fully saturated rings. The molecular formula is C14H21ClN2O2S. The highest BCUT2D eigenvalue weighted by molar-refractivity contribution is 7.10. The monoisotopic (exact) mass is 316 g/mol. The van der Waals surface area contributed by atoms with Gasteiger partial charge in [0.25, 0.3) is 5.91 Å². The molecule has 0 radical (unpaired) electrons. The fourth-order valence-corrected chi connectivity index (χ4v) is 4.06. The van der Waals surface area contributed by atoms with Crippen molar-refractivity contribution in [2.75, 3.05) is 19.6 Å². The smallest absolute Gasteiger partial charge is 0.252 e. The lowest BCUT2D eigenvalue weighted by Crippen LogP contribution is -2.34. The van der Waals surface area contributed by atoms with Crippen LogP contribution >= 0.6 is 23.7 Å². The van der Waals surface area contributed by atoms with E-state index in [0.717, 1.165) is 24.9 Å². The molecule has 4 nitrogen and oxygen atoms in total. The Morgan fingerprint density at radius 1 is 1.40 bits per heavy atom. The SMILES string of the molecule is Cl.O=C(NCC1CNCC1O)c1csc2c1CCCC2. The van der Waals surface area contributed by atoms with E-state index in [4.69, 9.17) is 0 Å². The minimum atomic E-state index is -0.336. The van der Waals surface area contributed by atoms with Crippen LogP contribution in [0.3, 0.4) is 0 Å². The zero-order valence-corrected chi connectivity index (χ0v) is 13.0. The van der Waals surface area contributed by atoms with Crippen LogP contribution in [0, 0.1) is 5.92 Å². The van der Waals surface area contributed by atoms with E-state index in [0.29, 0.717) is 13.1 Å². The Morgan fingerprint density at radius 2 is 2.20 bits per heavy atom. The standard InChI is InChI=1S/C14H20N2O2S.ClH/c17-12-7-15-5-9(12)6-16-14(18)11-8-19-13-4-2-1-3-10(11)13;/h8-9,12,15,17H,1-7H2,(H,16,18);1H. The Morgan fingerprint density at radius 3 is 2.95 bits per heavy atom. The first-order valence-electron chi connectivity index (χ1n) is 7.02. The number of nitrogens with one attached hydrogen (secondary N) is 2. The Labute approximate surface area is 129 Å². The molecule has 1 aromatic rings. The van der Waals surface area contributed by atoms with Crippen molar-refractivity contribution in [1.29, 1.82) is 0 Å². The van der Waals surface area contributed by atoms with Crippen molar-refractivity contribution in [3.63, 3.8) is 0 Å². The van der Waals surface area contributed by atoms with E-state index in [1.165, 1.54) is 23.3 Å². The number of thiophene rings is 1. The lowest BCUT2D eigenvalue weighted by Gasteiger charge is -2.15. The van der Waals surface area contributed by atoms with Gasteiger partial charge in [-0.1, -0.05) is 0 Å². The van der Waals surface area contributed by atoms with E-state index < -0.39 is 0 Å². The van der Waals surface area contributed by atoms with Gasteiger partial charge in [-0.15, -0.1) is 23.7 Å². The topological polar surface area (TPSA) is 61.4 Å². The van der Waals surface area contributed by atoms with Gasteiger partial charge in [0, 0.05) is 35.8 Å². The van der Waals surface area contributed by atoms with E-state index in [1.807, 2.05) is 5.38 Å². The van der Waals surface area contributed by atoms with Gasteiger partial charge in [0.15, 0.2) is 0 Å². The number of hydrogen-bond acceptors (Lipinski definition) is 4. The second kappa shape index (κ2) is 6.89. The van der Waals surface area contributed by atoms with Crippen molar-refractivity contribution in [2.24, 2.45) is 5.92 Å². The quantitative estimate of drug-likeness (QED) is 0.789. The van der Waals surface area contributed by atoms with Gasteiger partial charge in [0.1, 0.15) is 0 Å². The zero-order valence-electron chi connectivity index (χ0n) is 11.4. The van der Waals surface area contributed by atoms with E-state index in [1.54, 1.807) is 11.3 Å². The number of aliphatic hydroxyl groups is 1. The average Bonchev–Trinajstić information content (AvgIpc) is 3.02. The number of fused-ring (bicyclic) bond motifs is 1. The molecule has 2 unspecified atom stereocenters. The van der Waals surface area contributed by atoms with Gasteiger partial charge in [-0.05, 0) is 31.2 Å². The molecule has 3 rings (SSSR count). The molecule has 2 atom stereocenters. The van der Waals surface area contributed by atoms with Crippen molar-refractivity contribution >= 4 is 29.7 Å². The summed E-state index contributed by atoms with van der Waals surface area (Å²) < 4.78 is 0. The Hall–Kier alpha value is -0.620. The molecular weight excluding hydrogens is 296 g/mol. The summed E-state index contributed by atoms with van der Waals surface area (Å²) in [6.45, 7) is 1.97. The number of hydrogen-bond donors (Lipinski definition) is 3. The molecule has 1 amide bonds. The molecule has 0 spiro atoms. The molecule has 112 valence electrons. The summed E-state index contributed by atoms with van der Waals surface area (Å²) in [7, 11) is 0. The molecule has 2 aliphatic rings. The summed E-state index contributed by atoms with van der Waals surface area (Å²) in [6, 6.07) is 0. The summed E-state index contributed by atoms with van der Waals surface area (Å²) >= 11 is 1.72. The second-order valence-corrected chi connectivity index (χ2v) is 6.42. The first-order valence-corrected chi connectivity index (χ1v) is 7.90. The number of amides is 1. The highest BCUT2D eigenvalue weighted by Crippen LogP contribution is 2.30. The van der Waals surface area contributed by atoms with E-state index in [-0.39, 0.29) is 30.3 Å². The van der Waals surface area contributed by atoms with Crippen LogP contribution < -0.4 is 10.6 Å². The molecule has 2 heterocycles. The number of rotatable bonds is 3. The normalized spacial score (nSPS) is 24.9. The molecule has 0 bridgehead atoms. The fraction of sp³-hybridized carbons (Fsp3) is 0.643. The van der Waals surface area contributed by atoms with Gasteiger partial charge in [0.05, 0.1) is 11.7 Å². The maximum Gasteiger partial charge on any atom is 0.252 e. The number of aryl methyl sites for hydroxylation is 1. The summed E-state index contributed by atoms with van der Waals surface area (Å²) in [5.74, 6) is 0.164. The van der Waals surface area contributed by atoms with Gasteiger partial charge in [-0.3, -0.25) is 4.79 Å². The van der Waals surface area contributed by atoms with Crippen molar-refractivity contribution in [1.82, 2.24) is 10.6 Å². The largest absolute Gasteiger partial charge is 0.391 e. The molecule has 1 aliphatic heterocycles. The number of carbonyl (C=O) groups excluding carboxylic acids is 1. The van der Waals surface area contributed by atoms with Crippen LogP contribution in [0.4, 0.5) is 0 Å². The fourth-order valence-electron chi connectivity index (χ4n) is 2.93. The lowest BCUT2D eigenvalue weighted by atomic mass is 9.95. The van der Waals surface area contributed by atoms with Crippen LogP contribution in [0.5, 0.6) is 0 Å². The third-order valence-electron chi connectivity index (χ3n) is 4.13. The van der Waals surface area contributed by atoms with Crippen LogP contribution in [0.1, 0.15) is 33.6 Å². The van der Waals surface area contributed by atoms with Gasteiger partial charge in [-0.25, -0.2) is 0 Å².